The zero-order valence-corrected chi connectivity index (χ0v) is 25.4. The minimum Gasteiger partial charge on any atom is -0.331 e. The number of allylic oxidation sites excluding steroid dienone is 1. The molecule has 216 valence electrons. The molecule has 6 aromatic rings. The van der Waals surface area contributed by atoms with Gasteiger partial charge in [0.1, 0.15) is 0 Å². The molecule has 1 aromatic heterocycles. The number of para-hydroxylation sites is 2. The summed E-state index contributed by atoms with van der Waals surface area (Å²) >= 11 is 0. The molecule has 0 saturated carbocycles. The molecule has 0 spiro atoms. The summed E-state index contributed by atoms with van der Waals surface area (Å²) in [5.74, 6) is 0. The fourth-order valence-electron chi connectivity index (χ4n) is 8.02. The highest BCUT2D eigenvalue weighted by Gasteiger charge is 2.52. The third-order valence-electron chi connectivity index (χ3n) is 10.1. The molecule has 1 aliphatic heterocycles. The summed E-state index contributed by atoms with van der Waals surface area (Å²) in [5.41, 5.74) is 15.4. The number of fused-ring (bicyclic) bond motifs is 7. The molecule has 3 aliphatic rings. The minimum atomic E-state index is -0.193. The Balaban J connectivity index is 1.35. The van der Waals surface area contributed by atoms with Gasteiger partial charge in [-0.25, -0.2) is 0 Å². The number of rotatable bonds is 4. The van der Waals surface area contributed by atoms with E-state index >= 15 is 0 Å². The topological polar surface area (TPSA) is 8.17 Å². The van der Waals surface area contributed by atoms with Gasteiger partial charge in [-0.1, -0.05) is 121 Å². The van der Waals surface area contributed by atoms with Crippen molar-refractivity contribution in [3.63, 3.8) is 0 Å². The number of aromatic nitrogens is 1. The largest absolute Gasteiger partial charge is 0.331 e. The van der Waals surface area contributed by atoms with Crippen LogP contribution in [0.25, 0.3) is 40.1 Å². The van der Waals surface area contributed by atoms with E-state index in [2.05, 4.69) is 174 Å². The first-order valence-corrected chi connectivity index (χ1v) is 16.0. The van der Waals surface area contributed by atoms with Crippen LogP contribution in [0.5, 0.6) is 0 Å². The van der Waals surface area contributed by atoms with E-state index in [4.69, 9.17) is 0 Å². The summed E-state index contributed by atoms with van der Waals surface area (Å²) in [5, 5.41) is 0. The monoisotopic (exact) mass is 578 g/mol. The molecule has 0 fully saturated rings. The Morgan fingerprint density at radius 2 is 1.22 bits per heavy atom. The lowest BCUT2D eigenvalue weighted by Crippen LogP contribution is -2.35. The minimum absolute atomic E-state index is 0.0943. The van der Waals surface area contributed by atoms with Crippen molar-refractivity contribution in [2.24, 2.45) is 0 Å². The highest BCUT2D eigenvalue weighted by Crippen LogP contribution is 2.60. The summed E-state index contributed by atoms with van der Waals surface area (Å²) in [6.07, 6.45) is 11.7. The first-order chi connectivity index (χ1) is 22.2. The predicted octanol–water partition coefficient (Wildman–Crippen LogP) is 10.9. The summed E-state index contributed by atoms with van der Waals surface area (Å²) in [6.45, 7) is 2.43. The Kier molecular flexibility index (Phi) is 5.86. The van der Waals surface area contributed by atoms with E-state index < -0.39 is 0 Å². The van der Waals surface area contributed by atoms with Gasteiger partial charge in [-0.3, -0.25) is 0 Å². The molecule has 0 saturated heterocycles. The third-order valence-corrected chi connectivity index (χ3v) is 10.1. The predicted molar refractivity (Wildman–Crippen MR) is 188 cm³/mol. The molecule has 1 unspecified atom stereocenters. The Hall–Kier alpha value is -5.34. The quantitative estimate of drug-likeness (QED) is 0.202. The maximum atomic E-state index is 2.64. The maximum Gasteiger partial charge on any atom is 0.0881 e. The number of nitrogens with zero attached hydrogens (tertiary/aromatic N) is 2. The normalized spacial score (nSPS) is 19.1. The average Bonchev–Trinajstić information content (AvgIpc) is 3.59. The number of anilines is 2. The van der Waals surface area contributed by atoms with Crippen molar-refractivity contribution >= 4 is 23.5 Å². The Morgan fingerprint density at radius 3 is 1.91 bits per heavy atom. The van der Waals surface area contributed by atoms with Gasteiger partial charge in [0.05, 0.1) is 11.7 Å². The van der Waals surface area contributed by atoms with Gasteiger partial charge in [-0.2, -0.15) is 0 Å². The van der Waals surface area contributed by atoms with Crippen LogP contribution in [-0.4, -0.2) is 4.57 Å². The Morgan fingerprint density at radius 1 is 0.600 bits per heavy atom. The van der Waals surface area contributed by atoms with Crippen LogP contribution in [0.3, 0.4) is 0 Å². The van der Waals surface area contributed by atoms with Crippen LogP contribution in [0.15, 0.2) is 146 Å². The second-order valence-electron chi connectivity index (χ2n) is 12.7. The summed E-state index contributed by atoms with van der Waals surface area (Å²) in [4.78, 5) is 2.60. The molecule has 2 heteroatoms. The first-order valence-electron chi connectivity index (χ1n) is 16.0. The third kappa shape index (κ3) is 3.95. The molecular weight excluding hydrogens is 544 g/mol. The van der Waals surface area contributed by atoms with E-state index in [0.29, 0.717) is 0 Å². The average molecular weight is 579 g/mol. The molecule has 0 N–H and O–H groups in total. The summed E-state index contributed by atoms with van der Waals surface area (Å²) < 4.78 is 2.64. The standard InChI is InChI=1S/C43H34N2/c1-43-26-25-37-36-21-11-13-23-39(36)44(41(37)42(43)45(34-19-9-4-10-20-34)40-24-14-12-22-38(40)43)35-28-32(30-15-5-2-6-16-30)27-33(29-35)31-17-7-3-8-18-31/h2-12,14-22,24-29,42H,13,23H2,1H3/t42?,43-/m1/s1. The molecule has 5 aromatic carbocycles. The van der Waals surface area contributed by atoms with Crippen LogP contribution in [-0.2, 0) is 11.8 Å². The van der Waals surface area contributed by atoms with Crippen molar-refractivity contribution in [1.29, 1.82) is 0 Å². The smallest absolute Gasteiger partial charge is 0.0881 e. The van der Waals surface area contributed by atoms with Gasteiger partial charge in [0.15, 0.2) is 0 Å². The van der Waals surface area contributed by atoms with Gasteiger partial charge in [-0.05, 0) is 84.0 Å². The fraction of sp³-hybridized carbons (Fsp3) is 0.116. The van der Waals surface area contributed by atoms with Crippen LogP contribution in [0.4, 0.5) is 11.4 Å². The Labute approximate surface area is 265 Å². The number of hydrogen-bond donors (Lipinski definition) is 0. The van der Waals surface area contributed by atoms with Crippen LogP contribution in [0.1, 0.15) is 47.5 Å². The van der Waals surface area contributed by atoms with Crippen LogP contribution >= 0.6 is 0 Å². The molecule has 2 nitrogen and oxygen atoms in total. The Bertz CT molecular complexity index is 2060. The van der Waals surface area contributed by atoms with Crippen molar-refractivity contribution < 1.29 is 0 Å². The second-order valence-corrected chi connectivity index (χ2v) is 12.7. The molecule has 0 radical (unpaired) electrons. The van der Waals surface area contributed by atoms with Crippen molar-refractivity contribution in [3.8, 4) is 27.9 Å². The molecule has 45 heavy (non-hydrogen) atoms. The second kappa shape index (κ2) is 10.1. The molecule has 0 amide bonds. The van der Waals surface area contributed by atoms with Crippen molar-refractivity contribution in [2.75, 3.05) is 4.90 Å². The maximum absolute atomic E-state index is 2.64. The van der Waals surface area contributed by atoms with Gasteiger partial charge >= 0.3 is 0 Å². The molecule has 9 rings (SSSR count). The molecular formula is C43H34N2. The van der Waals surface area contributed by atoms with Gasteiger partial charge < -0.3 is 9.47 Å². The summed E-state index contributed by atoms with van der Waals surface area (Å²) in [7, 11) is 0. The van der Waals surface area contributed by atoms with Crippen LogP contribution in [0, 0.1) is 0 Å². The fourth-order valence-corrected chi connectivity index (χ4v) is 8.02. The van der Waals surface area contributed by atoms with E-state index in [9.17, 15) is 0 Å². The van der Waals surface area contributed by atoms with E-state index in [-0.39, 0.29) is 11.5 Å². The number of benzene rings is 5. The SMILES string of the molecule is C[C@]12C=Cc3c4c(n(-c5cc(-c6ccccc6)cc(-c6ccccc6)c5)c3C1N(c1ccccc1)c1ccccc12)CCC=C4. The zero-order chi connectivity index (χ0) is 30.0. The lowest BCUT2D eigenvalue weighted by atomic mass is 9.72. The zero-order valence-electron chi connectivity index (χ0n) is 25.4. The van der Waals surface area contributed by atoms with E-state index in [1.807, 2.05) is 0 Å². The first kappa shape index (κ1) is 26.1. The van der Waals surface area contributed by atoms with Crippen LogP contribution in [0.2, 0.25) is 0 Å². The highest BCUT2D eigenvalue weighted by atomic mass is 15.2. The lowest BCUT2D eigenvalue weighted by molar-refractivity contribution is 0.481. The van der Waals surface area contributed by atoms with Crippen molar-refractivity contribution in [3.05, 3.63) is 174 Å². The molecule has 0 bridgehead atoms. The van der Waals surface area contributed by atoms with Crippen molar-refractivity contribution in [1.82, 2.24) is 4.57 Å². The van der Waals surface area contributed by atoms with E-state index in [1.165, 1.54) is 67.4 Å². The van der Waals surface area contributed by atoms with Crippen molar-refractivity contribution in [2.45, 2.75) is 31.2 Å². The van der Waals surface area contributed by atoms with Gasteiger partial charge in [0.25, 0.3) is 0 Å². The van der Waals surface area contributed by atoms with Gasteiger partial charge in [0.2, 0.25) is 0 Å². The van der Waals surface area contributed by atoms with E-state index in [1.54, 1.807) is 0 Å². The lowest BCUT2D eigenvalue weighted by Gasteiger charge is -2.39. The number of hydrogen-bond acceptors (Lipinski definition) is 1. The molecule has 2 heterocycles. The highest BCUT2D eigenvalue weighted by molar-refractivity contribution is 5.85. The van der Waals surface area contributed by atoms with E-state index in [0.717, 1.165) is 12.8 Å². The molecule has 2 atom stereocenters. The van der Waals surface area contributed by atoms with Crippen LogP contribution < -0.4 is 4.90 Å². The van der Waals surface area contributed by atoms with Gasteiger partial charge in [0, 0.05) is 39.3 Å². The molecule has 2 aliphatic carbocycles. The summed E-state index contributed by atoms with van der Waals surface area (Å²) in [6, 6.07) is 48.9. The van der Waals surface area contributed by atoms with Gasteiger partial charge in [-0.15, -0.1) is 0 Å².